The van der Waals surface area contributed by atoms with Gasteiger partial charge in [-0.2, -0.15) is 4.98 Å². The smallest absolute Gasteiger partial charge is 0.243 e. The summed E-state index contributed by atoms with van der Waals surface area (Å²) in [5, 5.41) is 11.6. The average Bonchev–Trinajstić information content (AvgIpc) is 2.89. The Labute approximate surface area is 119 Å². The van der Waals surface area contributed by atoms with E-state index in [0.29, 0.717) is 17.9 Å². The van der Waals surface area contributed by atoms with Crippen LogP contribution >= 0.6 is 15.9 Å². The van der Waals surface area contributed by atoms with Crippen LogP contribution < -0.4 is 10.6 Å². The Bertz CT molecular complexity index is 594. The zero-order valence-electron chi connectivity index (χ0n) is 10.5. The summed E-state index contributed by atoms with van der Waals surface area (Å²) in [4.78, 5) is 4.58. The van der Waals surface area contributed by atoms with Crippen molar-refractivity contribution in [3.05, 3.63) is 22.8 Å². The van der Waals surface area contributed by atoms with Gasteiger partial charge in [-0.15, -0.1) is 5.10 Å². The molecule has 5 nitrogen and oxygen atoms in total. The van der Waals surface area contributed by atoms with Crippen molar-refractivity contribution < 1.29 is 0 Å². The summed E-state index contributed by atoms with van der Waals surface area (Å²) in [6.07, 6.45) is 4.55. The van der Waals surface area contributed by atoms with Crippen LogP contribution in [-0.2, 0) is 0 Å². The Morgan fingerprint density at radius 3 is 2.84 bits per heavy atom. The van der Waals surface area contributed by atoms with Crippen molar-refractivity contribution >= 4 is 27.5 Å². The summed E-state index contributed by atoms with van der Waals surface area (Å²) < 4.78 is 2.79. The molecule has 2 N–H and O–H groups in total. The lowest BCUT2D eigenvalue weighted by molar-refractivity contribution is 0.341. The molecule has 2 fully saturated rings. The minimum absolute atomic E-state index is 0.525. The van der Waals surface area contributed by atoms with Gasteiger partial charge in [-0.25, -0.2) is 4.52 Å². The maximum atomic E-state index is 4.58. The zero-order valence-corrected chi connectivity index (χ0v) is 12.1. The molecule has 0 radical (unpaired) electrons. The lowest BCUT2D eigenvalue weighted by Gasteiger charge is -2.30. The molecule has 2 aromatic heterocycles. The molecule has 100 valence electrons. The maximum absolute atomic E-state index is 4.58. The number of fused-ring (bicyclic) bond motifs is 3. The molecule has 1 saturated heterocycles. The number of rotatable bonds is 2. The van der Waals surface area contributed by atoms with E-state index in [1.54, 1.807) is 0 Å². The SMILES string of the molecule is Brc1cccn2nc(NC3[C@@H]4CC[C@H]3CNC4)nc12. The molecule has 3 heterocycles. The highest BCUT2D eigenvalue weighted by molar-refractivity contribution is 9.10. The second kappa shape index (κ2) is 4.45. The molecule has 6 heteroatoms. The highest BCUT2D eigenvalue weighted by atomic mass is 79.9. The number of nitrogens with one attached hydrogen (secondary N) is 2. The van der Waals surface area contributed by atoms with Crippen LogP contribution in [0.1, 0.15) is 12.8 Å². The van der Waals surface area contributed by atoms with E-state index in [1.165, 1.54) is 12.8 Å². The van der Waals surface area contributed by atoms with Crippen LogP contribution in [0, 0.1) is 11.8 Å². The number of anilines is 1. The minimum Gasteiger partial charge on any atom is -0.350 e. The molecule has 4 rings (SSSR count). The first-order chi connectivity index (χ1) is 9.31. The van der Waals surface area contributed by atoms with Crippen LogP contribution in [0.5, 0.6) is 0 Å². The largest absolute Gasteiger partial charge is 0.350 e. The molecule has 3 atom stereocenters. The predicted molar refractivity (Wildman–Crippen MR) is 77.2 cm³/mol. The summed E-state index contributed by atoms with van der Waals surface area (Å²) in [5.74, 6) is 2.18. The van der Waals surface area contributed by atoms with Crippen LogP contribution in [0.4, 0.5) is 5.95 Å². The van der Waals surface area contributed by atoms with Crippen LogP contribution in [0.25, 0.3) is 5.65 Å². The van der Waals surface area contributed by atoms with Crippen LogP contribution in [0.3, 0.4) is 0 Å². The Morgan fingerprint density at radius 1 is 1.32 bits per heavy atom. The summed E-state index contributed by atoms with van der Waals surface area (Å²) in [6, 6.07) is 4.48. The molecule has 2 aromatic rings. The van der Waals surface area contributed by atoms with E-state index in [0.717, 1.165) is 29.2 Å². The summed E-state index contributed by atoms with van der Waals surface area (Å²) in [7, 11) is 0. The van der Waals surface area contributed by atoms with Gasteiger partial charge in [-0.1, -0.05) is 0 Å². The Balaban J connectivity index is 1.63. The van der Waals surface area contributed by atoms with E-state index in [1.807, 2.05) is 22.8 Å². The number of halogens is 1. The molecule has 1 aliphatic carbocycles. The molecule has 0 amide bonds. The fraction of sp³-hybridized carbons (Fsp3) is 0.538. The third-order valence-corrected chi connectivity index (χ3v) is 4.97. The van der Waals surface area contributed by atoms with Gasteiger partial charge in [0.05, 0.1) is 4.47 Å². The van der Waals surface area contributed by atoms with Gasteiger partial charge >= 0.3 is 0 Å². The van der Waals surface area contributed by atoms with Crippen molar-refractivity contribution in [1.29, 1.82) is 0 Å². The van der Waals surface area contributed by atoms with E-state index >= 15 is 0 Å². The molecule has 0 spiro atoms. The molecular weight excluding hydrogens is 306 g/mol. The van der Waals surface area contributed by atoms with Gasteiger partial charge in [0.15, 0.2) is 5.65 Å². The van der Waals surface area contributed by atoms with Gasteiger partial charge in [-0.3, -0.25) is 0 Å². The zero-order chi connectivity index (χ0) is 12.8. The summed E-state index contributed by atoms with van der Waals surface area (Å²) >= 11 is 3.51. The van der Waals surface area contributed by atoms with Crippen LogP contribution in [-0.4, -0.2) is 33.7 Å². The van der Waals surface area contributed by atoms with Gasteiger partial charge in [0.25, 0.3) is 0 Å². The quantitative estimate of drug-likeness (QED) is 0.887. The van der Waals surface area contributed by atoms with Crippen molar-refractivity contribution in [2.45, 2.75) is 18.9 Å². The molecule has 19 heavy (non-hydrogen) atoms. The first kappa shape index (κ1) is 11.7. The monoisotopic (exact) mass is 321 g/mol. The van der Waals surface area contributed by atoms with Gasteiger partial charge in [0.2, 0.25) is 5.95 Å². The van der Waals surface area contributed by atoms with E-state index < -0.39 is 0 Å². The minimum atomic E-state index is 0.525. The van der Waals surface area contributed by atoms with Crippen molar-refractivity contribution in [3.8, 4) is 0 Å². The molecule has 1 unspecified atom stereocenters. The van der Waals surface area contributed by atoms with E-state index in [9.17, 15) is 0 Å². The van der Waals surface area contributed by atoms with E-state index in [-0.39, 0.29) is 0 Å². The first-order valence-electron chi connectivity index (χ1n) is 6.79. The molecule has 1 aliphatic heterocycles. The van der Waals surface area contributed by atoms with Crippen molar-refractivity contribution in [3.63, 3.8) is 0 Å². The van der Waals surface area contributed by atoms with Crippen molar-refractivity contribution in [2.24, 2.45) is 11.8 Å². The fourth-order valence-corrected chi connectivity index (χ4v) is 3.83. The standard InChI is InChI=1S/C13H16BrN5/c14-10-2-1-5-19-12(10)17-13(18-19)16-11-8-3-4-9(11)7-15-6-8/h1-2,5,8-9,11,15H,3-4,6-7H2,(H,16,18)/t8-,9+,11?. The Morgan fingerprint density at radius 2 is 2.11 bits per heavy atom. The van der Waals surface area contributed by atoms with Crippen LogP contribution in [0.2, 0.25) is 0 Å². The lowest BCUT2D eigenvalue weighted by atomic mass is 9.94. The van der Waals surface area contributed by atoms with Crippen LogP contribution in [0.15, 0.2) is 22.8 Å². The predicted octanol–water partition coefficient (Wildman–Crippen LogP) is 1.90. The van der Waals surface area contributed by atoms with Crippen molar-refractivity contribution in [2.75, 3.05) is 18.4 Å². The third kappa shape index (κ3) is 1.94. The second-order valence-electron chi connectivity index (χ2n) is 5.49. The topological polar surface area (TPSA) is 54.2 Å². The molecule has 2 bridgehead atoms. The maximum Gasteiger partial charge on any atom is 0.243 e. The summed E-state index contributed by atoms with van der Waals surface area (Å²) in [6.45, 7) is 2.23. The van der Waals surface area contributed by atoms with Crippen molar-refractivity contribution in [1.82, 2.24) is 19.9 Å². The third-order valence-electron chi connectivity index (χ3n) is 4.35. The average molecular weight is 322 g/mol. The Kier molecular flexibility index (Phi) is 2.73. The normalized spacial score (nSPS) is 29.8. The number of hydrogen-bond donors (Lipinski definition) is 2. The number of piperidine rings is 1. The highest BCUT2D eigenvalue weighted by Gasteiger charge is 2.39. The number of pyridine rings is 1. The summed E-state index contributed by atoms with van der Waals surface area (Å²) in [5.41, 5.74) is 0.867. The first-order valence-corrected chi connectivity index (χ1v) is 7.59. The van der Waals surface area contributed by atoms with Gasteiger partial charge in [0.1, 0.15) is 0 Å². The molecule has 2 aliphatic rings. The van der Waals surface area contributed by atoms with Gasteiger partial charge in [0, 0.05) is 12.2 Å². The number of hydrogen-bond acceptors (Lipinski definition) is 4. The number of nitrogens with zero attached hydrogens (tertiary/aromatic N) is 3. The Hall–Kier alpha value is -1.14. The lowest BCUT2D eigenvalue weighted by Crippen LogP contribution is -2.45. The van der Waals surface area contributed by atoms with E-state index in [4.69, 9.17) is 0 Å². The van der Waals surface area contributed by atoms with Gasteiger partial charge < -0.3 is 10.6 Å². The fourth-order valence-electron chi connectivity index (χ4n) is 3.40. The highest BCUT2D eigenvalue weighted by Crippen LogP contribution is 2.35. The molecule has 0 aromatic carbocycles. The van der Waals surface area contributed by atoms with E-state index in [2.05, 4.69) is 36.6 Å². The molecule has 1 saturated carbocycles. The number of aromatic nitrogens is 3. The second-order valence-corrected chi connectivity index (χ2v) is 6.34. The van der Waals surface area contributed by atoms with Gasteiger partial charge in [-0.05, 0) is 65.8 Å². The molecular formula is C13H16BrN5.